The van der Waals surface area contributed by atoms with Crippen LogP contribution in [0.1, 0.15) is 12.5 Å². The Labute approximate surface area is 177 Å². The van der Waals surface area contributed by atoms with Gasteiger partial charge in [0.15, 0.2) is 0 Å². The number of urea groups is 1. The lowest BCUT2D eigenvalue weighted by Crippen LogP contribution is -2.42. The largest absolute Gasteiger partial charge is 0.325 e. The number of hydrogen-bond donors (Lipinski definition) is 2. The quantitative estimate of drug-likeness (QED) is 0.488. The molecule has 0 spiro atoms. The number of imide groups is 1. The van der Waals surface area contributed by atoms with Crippen LogP contribution in [0.2, 0.25) is 0 Å². The molecule has 1 unspecified atom stereocenters. The van der Waals surface area contributed by atoms with Crippen molar-refractivity contribution in [3.05, 3.63) is 66.4 Å². The van der Waals surface area contributed by atoms with Gasteiger partial charge in [-0.2, -0.15) is 0 Å². The van der Waals surface area contributed by atoms with Gasteiger partial charge in [0.2, 0.25) is 5.91 Å². The maximum Gasteiger partial charge on any atom is 0.325 e. The van der Waals surface area contributed by atoms with Crippen LogP contribution in [0.3, 0.4) is 0 Å². The van der Waals surface area contributed by atoms with Crippen LogP contribution in [0.5, 0.6) is 0 Å². The molecule has 2 aromatic carbocycles. The van der Waals surface area contributed by atoms with E-state index in [-0.39, 0.29) is 6.54 Å². The van der Waals surface area contributed by atoms with Gasteiger partial charge in [0.1, 0.15) is 12.1 Å². The Morgan fingerprint density at radius 1 is 1.13 bits per heavy atom. The Kier molecular flexibility index (Phi) is 5.17. The third-order valence-electron chi connectivity index (χ3n) is 5.13. The number of thioether (sulfide) groups is 1. The summed E-state index contributed by atoms with van der Waals surface area (Å²) in [5.41, 5.74) is -0.0652. The van der Waals surface area contributed by atoms with Gasteiger partial charge in [0.25, 0.3) is 5.91 Å². The van der Waals surface area contributed by atoms with E-state index >= 15 is 0 Å². The van der Waals surface area contributed by atoms with E-state index in [9.17, 15) is 14.4 Å². The second-order valence-electron chi connectivity index (χ2n) is 7.15. The maximum absolute atomic E-state index is 13.1. The summed E-state index contributed by atoms with van der Waals surface area (Å²) in [5.74, 6) is -0.936. The number of amides is 4. The molecule has 7 nitrogen and oxygen atoms in total. The van der Waals surface area contributed by atoms with Crippen LogP contribution in [-0.4, -0.2) is 40.5 Å². The Balaban J connectivity index is 1.51. The first-order chi connectivity index (χ1) is 14.4. The number of aromatic nitrogens is 1. The summed E-state index contributed by atoms with van der Waals surface area (Å²) in [6, 6.07) is 16.3. The van der Waals surface area contributed by atoms with Gasteiger partial charge in [-0.25, -0.2) is 9.78 Å². The summed E-state index contributed by atoms with van der Waals surface area (Å²) in [4.78, 5) is 43.1. The van der Waals surface area contributed by atoms with E-state index in [0.717, 1.165) is 20.7 Å². The van der Waals surface area contributed by atoms with Crippen LogP contribution in [0.15, 0.2) is 65.8 Å². The fraction of sp³-hybridized carbons (Fsp3) is 0.182. The number of nitrogens with one attached hydrogen (secondary N) is 2. The Morgan fingerprint density at radius 3 is 2.60 bits per heavy atom. The van der Waals surface area contributed by atoms with Crippen molar-refractivity contribution in [1.29, 1.82) is 0 Å². The molecule has 4 rings (SSSR count). The number of benzene rings is 2. The van der Waals surface area contributed by atoms with E-state index in [4.69, 9.17) is 0 Å². The summed E-state index contributed by atoms with van der Waals surface area (Å²) in [6.45, 7) is 1.28. The van der Waals surface area contributed by atoms with Crippen molar-refractivity contribution in [2.75, 3.05) is 18.1 Å². The molecule has 1 atom stereocenters. The highest BCUT2D eigenvalue weighted by molar-refractivity contribution is 7.98. The highest BCUT2D eigenvalue weighted by Gasteiger charge is 2.49. The second-order valence-corrected chi connectivity index (χ2v) is 7.97. The van der Waals surface area contributed by atoms with E-state index < -0.39 is 23.4 Å². The van der Waals surface area contributed by atoms with Gasteiger partial charge >= 0.3 is 6.03 Å². The van der Waals surface area contributed by atoms with Crippen LogP contribution in [0, 0.1) is 0 Å². The Hall–Kier alpha value is -3.39. The number of carbonyl (C=O) groups is 3. The Bertz CT molecular complexity index is 1150. The van der Waals surface area contributed by atoms with Crippen molar-refractivity contribution in [3.63, 3.8) is 0 Å². The molecule has 1 fully saturated rings. The molecule has 8 heteroatoms. The third-order valence-corrected chi connectivity index (χ3v) is 5.79. The molecule has 0 radical (unpaired) electrons. The van der Waals surface area contributed by atoms with E-state index in [1.54, 1.807) is 19.1 Å². The van der Waals surface area contributed by atoms with Crippen LogP contribution in [0.4, 0.5) is 10.5 Å². The normalized spacial score (nSPS) is 18.5. The van der Waals surface area contributed by atoms with Crippen molar-refractivity contribution in [2.24, 2.45) is 0 Å². The first-order valence-electron chi connectivity index (χ1n) is 9.34. The maximum atomic E-state index is 13.1. The van der Waals surface area contributed by atoms with Crippen molar-refractivity contribution in [3.8, 4) is 0 Å². The zero-order chi connectivity index (χ0) is 21.3. The molecular weight excluding hydrogens is 400 g/mol. The number of pyridine rings is 1. The molecule has 4 amide bonds. The number of fused-ring (bicyclic) bond motifs is 1. The van der Waals surface area contributed by atoms with Gasteiger partial charge < -0.3 is 10.6 Å². The molecule has 2 heterocycles. The zero-order valence-corrected chi connectivity index (χ0v) is 17.3. The highest BCUT2D eigenvalue weighted by atomic mass is 32.2. The minimum Gasteiger partial charge on any atom is -0.323 e. The van der Waals surface area contributed by atoms with Crippen LogP contribution in [-0.2, 0) is 15.1 Å². The zero-order valence-electron chi connectivity index (χ0n) is 16.5. The summed E-state index contributed by atoms with van der Waals surface area (Å²) >= 11 is 1.49. The molecule has 1 saturated heterocycles. The summed E-state index contributed by atoms with van der Waals surface area (Å²) in [6.07, 6.45) is 3.44. The molecule has 1 aliphatic rings. The van der Waals surface area contributed by atoms with Crippen molar-refractivity contribution in [2.45, 2.75) is 17.5 Å². The fourth-order valence-electron chi connectivity index (χ4n) is 3.46. The van der Waals surface area contributed by atoms with Gasteiger partial charge in [-0.15, -0.1) is 11.8 Å². The van der Waals surface area contributed by atoms with E-state index in [0.29, 0.717) is 11.3 Å². The molecule has 152 valence electrons. The van der Waals surface area contributed by atoms with E-state index in [1.807, 2.05) is 48.7 Å². The van der Waals surface area contributed by atoms with E-state index in [1.165, 1.54) is 18.0 Å². The third kappa shape index (κ3) is 3.61. The summed E-state index contributed by atoms with van der Waals surface area (Å²) in [7, 11) is 0. The van der Waals surface area contributed by atoms with E-state index in [2.05, 4.69) is 15.6 Å². The molecule has 1 aliphatic heterocycles. The van der Waals surface area contributed by atoms with Gasteiger partial charge in [-0.3, -0.25) is 14.5 Å². The van der Waals surface area contributed by atoms with Gasteiger partial charge in [0, 0.05) is 0 Å². The van der Waals surface area contributed by atoms with Crippen molar-refractivity contribution < 1.29 is 14.4 Å². The summed E-state index contributed by atoms with van der Waals surface area (Å²) < 4.78 is 0. The minimum atomic E-state index is -1.23. The lowest BCUT2D eigenvalue weighted by molar-refractivity contribution is -0.133. The molecule has 3 aromatic rings. The number of anilines is 1. The van der Waals surface area contributed by atoms with Gasteiger partial charge in [-0.1, -0.05) is 36.4 Å². The molecular formula is C22H20N4O3S. The molecule has 2 N–H and O–H groups in total. The van der Waals surface area contributed by atoms with Crippen LogP contribution >= 0.6 is 11.8 Å². The first kappa shape index (κ1) is 19.9. The predicted octanol–water partition coefficient (Wildman–Crippen LogP) is 3.36. The van der Waals surface area contributed by atoms with Crippen LogP contribution in [0.25, 0.3) is 10.8 Å². The molecule has 0 saturated carbocycles. The highest BCUT2D eigenvalue weighted by Crippen LogP contribution is 2.31. The molecule has 1 aromatic heterocycles. The molecule has 30 heavy (non-hydrogen) atoms. The SMILES string of the molecule is CSc1ccc(NC(=O)CN2C(=O)NC(C)(c3ccc4ccccc4c3)C2=O)cn1. The minimum absolute atomic E-state index is 0.377. The molecule has 0 bridgehead atoms. The van der Waals surface area contributed by atoms with Gasteiger partial charge in [-0.05, 0) is 47.7 Å². The number of nitrogens with zero attached hydrogens (tertiary/aromatic N) is 2. The number of carbonyl (C=O) groups excluding carboxylic acids is 3. The number of rotatable bonds is 5. The summed E-state index contributed by atoms with van der Waals surface area (Å²) in [5, 5.41) is 8.24. The average Bonchev–Trinajstić information content (AvgIpc) is 2.98. The Morgan fingerprint density at radius 2 is 1.90 bits per heavy atom. The molecule has 0 aliphatic carbocycles. The van der Waals surface area contributed by atoms with Crippen LogP contribution < -0.4 is 10.6 Å². The topological polar surface area (TPSA) is 91.4 Å². The predicted molar refractivity (Wildman–Crippen MR) is 116 cm³/mol. The van der Waals surface area contributed by atoms with Gasteiger partial charge in [0.05, 0.1) is 16.9 Å². The standard InChI is InChI=1S/C22H20N4O3S/c1-22(16-8-7-14-5-3-4-6-15(14)11-16)20(28)26(21(29)25-22)13-18(27)24-17-9-10-19(30-2)23-12-17/h3-12H,13H2,1-2H3,(H,24,27)(H,25,29). The first-order valence-corrected chi connectivity index (χ1v) is 10.6. The lowest BCUT2D eigenvalue weighted by atomic mass is 9.90. The van der Waals surface area contributed by atoms with Crippen molar-refractivity contribution >= 4 is 46.1 Å². The second kappa shape index (κ2) is 7.79. The number of hydrogen-bond acceptors (Lipinski definition) is 5. The van der Waals surface area contributed by atoms with Crippen molar-refractivity contribution in [1.82, 2.24) is 15.2 Å². The fourth-order valence-corrected chi connectivity index (χ4v) is 3.82. The average molecular weight is 420 g/mol. The monoisotopic (exact) mass is 420 g/mol. The smallest absolute Gasteiger partial charge is 0.323 e. The lowest BCUT2D eigenvalue weighted by Gasteiger charge is -2.22.